The quantitative estimate of drug-likeness (QED) is 0.705. The molecule has 16 heavy (non-hydrogen) atoms. The average Bonchev–Trinajstić information content (AvgIpc) is 2.63. The van der Waals surface area contributed by atoms with Crippen LogP contribution in [0.1, 0.15) is 40.0 Å². The number of sulfonamides is 1. The molecule has 2 aliphatic carbocycles. The maximum Gasteiger partial charge on any atom is 0.214 e. The second kappa shape index (κ2) is 2.83. The molecule has 1 unspecified atom stereocenters. The van der Waals surface area contributed by atoms with Crippen molar-refractivity contribution in [2.45, 2.75) is 46.1 Å². The summed E-state index contributed by atoms with van der Waals surface area (Å²) in [6, 6.07) is 0.302. The van der Waals surface area contributed by atoms with Crippen LogP contribution in [-0.2, 0) is 10.0 Å². The summed E-state index contributed by atoms with van der Waals surface area (Å²) in [6.07, 6.45) is 3.45. The van der Waals surface area contributed by atoms with Crippen molar-refractivity contribution in [3.63, 3.8) is 0 Å². The first-order chi connectivity index (χ1) is 7.35. The largest absolute Gasteiger partial charge is 0.214 e. The summed E-state index contributed by atoms with van der Waals surface area (Å²) in [4.78, 5) is 0. The number of nitrogens with zero attached hydrogens (tertiary/aromatic N) is 1. The molecule has 0 radical (unpaired) electrons. The molecule has 0 aromatic heterocycles. The predicted octanol–water partition coefficient (Wildman–Crippen LogP) is 1.85. The SMILES string of the molecule is CCN1[C@H]2C[C@@H]3CCC2(CS1(=O)=O)C3(C)C. The molecule has 3 fully saturated rings. The predicted molar refractivity (Wildman–Crippen MR) is 63.5 cm³/mol. The van der Waals surface area contributed by atoms with Gasteiger partial charge in [-0.15, -0.1) is 0 Å². The summed E-state index contributed by atoms with van der Waals surface area (Å²) in [5, 5.41) is 0. The smallest absolute Gasteiger partial charge is 0.212 e. The molecule has 1 heterocycles. The normalized spacial score (nSPS) is 48.4. The monoisotopic (exact) mass is 243 g/mol. The van der Waals surface area contributed by atoms with Crippen LogP contribution in [0.4, 0.5) is 0 Å². The summed E-state index contributed by atoms with van der Waals surface area (Å²) in [6.45, 7) is 7.20. The van der Waals surface area contributed by atoms with Crippen molar-refractivity contribution in [2.75, 3.05) is 12.3 Å². The van der Waals surface area contributed by atoms with Crippen LogP contribution < -0.4 is 0 Å². The zero-order valence-electron chi connectivity index (χ0n) is 10.4. The van der Waals surface area contributed by atoms with Crippen molar-refractivity contribution in [1.82, 2.24) is 4.31 Å². The maximum absolute atomic E-state index is 12.2. The molecule has 1 spiro atoms. The van der Waals surface area contributed by atoms with Gasteiger partial charge in [0.05, 0.1) is 5.75 Å². The summed E-state index contributed by atoms with van der Waals surface area (Å²) < 4.78 is 26.2. The van der Waals surface area contributed by atoms with Crippen LogP contribution in [0.5, 0.6) is 0 Å². The van der Waals surface area contributed by atoms with E-state index in [-0.39, 0.29) is 10.8 Å². The van der Waals surface area contributed by atoms with Gasteiger partial charge in [-0.25, -0.2) is 8.42 Å². The molecule has 1 saturated heterocycles. The van der Waals surface area contributed by atoms with Crippen molar-refractivity contribution < 1.29 is 8.42 Å². The summed E-state index contributed by atoms with van der Waals surface area (Å²) in [5.74, 6) is 1.14. The van der Waals surface area contributed by atoms with Crippen molar-refractivity contribution in [3.05, 3.63) is 0 Å². The lowest BCUT2D eigenvalue weighted by Crippen LogP contribution is -2.41. The van der Waals surface area contributed by atoms with Gasteiger partial charge in [-0.2, -0.15) is 4.31 Å². The van der Waals surface area contributed by atoms with Crippen LogP contribution in [0, 0.1) is 16.7 Å². The molecular weight excluding hydrogens is 222 g/mol. The number of hydrogen-bond donors (Lipinski definition) is 0. The van der Waals surface area contributed by atoms with Crippen LogP contribution in [0.15, 0.2) is 0 Å². The molecule has 2 saturated carbocycles. The lowest BCUT2D eigenvalue weighted by molar-refractivity contribution is 0.116. The van der Waals surface area contributed by atoms with Gasteiger partial charge >= 0.3 is 0 Å². The molecule has 1 aliphatic heterocycles. The highest BCUT2D eigenvalue weighted by atomic mass is 32.2. The summed E-state index contributed by atoms with van der Waals surface area (Å²) in [5.41, 5.74) is 0.279. The van der Waals surface area contributed by atoms with E-state index in [2.05, 4.69) is 13.8 Å². The topological polar surface area (TPSA) is 37.4 Å². The van der Waals surface area contributed by atoms with E-state index < -0.39 is 10.0 Å². The van der Waals surface area contributed by atoms with Crippen molar-refractivity contribution >= 4 is 10.0 Å². The zero-order valence-corrected chi connectivity index (χ0v) is 11.2. The Labute approximate surface area is 98.3 Å². The molecule has 3 aliphatic rings. The molecule has 0 aromatic rings. The molecule has 0 N–H and O–H groups in total. The van der Waals surface area contributed by atoms with Crippen LogP contribution in [0.3, 0.4) is 0 Å². The van der Waals surface area contributed by atoms with Crippen molar-refractivity contribution in [3.8, 4) is 0 Å². The molecule has 3 nitrogen and oxygen atoms in total. The molecule has 0 amide bonds. The molecule has 2 bridgehead atoms. The van der Waals surface area contributed by atoms with E-state index in [1.165, 1.54) is 6.42 Å². The van der Waals surface area contributed by atoms with E-state index in [0.717, 1.165) is 18.8 Å². The lowest BCUT2D eigenvalue weighted by atomic mass is 9.69. The van der Waals surface area contributed by atoms with E-state index in [0.29, 0.717) is 18.3 Å². The van der Waals surface area contributed by atoms with E-state index >= 15 is 0 Å². The minimum atomic E-state index is -2.98. The highest BCUT2D eigenvalue weighted by Gasteiger charge is 2.70. The highest BCUT2D eigenvalue weighted by Crippen LogP contribution is 2.69. The van der Waals surface area contributed by atoms with Crippen LogP contribution in [0.25, 0.3) is 0 Å². The molecule has 0 aromatic carbocycles. The third-order valence-corrected chi connectivity index (χ3v) is 7.95. The zero-order chi connectivity index (χ0) is 11.8. The fraction of sp³-hybridized carbons (Fsp3) is 1.00. The standard InChI is InChI=1S/C12H21NO2S/c1-4-13-10-7-9-5-6-12(10,11(9,2)3)8-16(13,14)15/h9-10H,4-8H2,1-3H3/t9-,10-,12?/m0/s1. The average molecular weight is 243 g/mol. The first-order valence-corrected chi connectivity index (χ1v) is 7.95. The Morgan fingerprint density at radius 2 is 2.06 bits per heavy atom. The highest BCUT2D eigenvalue weighted by molar-refractivity contribution is 7.89. The Morgan fingerprint density at radius 3 is 2.62 bits per heavy atom. The van der Waals surface area contributed by atoms with E-state index in [1.54, 1.807) is 4.31 Å². The number of fused-ring (bicyclic) bond motifs is 1. The number of rotatable bonds is 1. The molecule has 3 rings (SSSR count). The van der Waals surface area contributed by atoms with Gasteiger partial charge in [0, 0.05) is 18.0 Å². The van der Waals surface area contributed by atoms with E-state index in [1.807, 2.05) is 6.92 Å². The van der Waals surface area contributed by atoms with E-state index in [4.69, 9.17) is 0 Å². The molecule has 3 atom stereocenters. The maximum atomic E-state index is 12.2. The van der Waals surface area contributed by atoms with Gasteiger partial charge in [0.25, 0.3) is 0 Å². The second-order valence-electron chi connectivity index (χ2n) is 6.32. The van der Waals surface area contributed by atoms with Crippen LogP contribution in [0.2, 0.25) is 0 Å². The van der Waals surface area contributed by atoms with Gasteiger partial charge in [-0.3, -0.25) is 0 Å². The third-order valence-electron chi connectivity index (χ3n) is 5.84. The van der Waals surface area contributed by atoms with Crippen molar-refractivity contribution in [2.24, 2.45) is 16.7 Å². The second-order valence-corrected chi connectivity index (χ2v) is 8.25. The lowest BCUT2D eigenvalue weighted by Gasteiger charge is -2.37. The Bertz CT molecular complexity index is 428. The molecule has 92 valence electrons. The van der Waals surface area contributed by atoms with Gasteiger partial charge in [0.2, 0.25) is 10.0 Å². The summed E-state index contributed by atoms with van der Waals surface area (Å²) >= 11 is 0. The Morgan fingerprint density at radius 1 is 1.38 bits per heavy atom. The van der Waals surface area contributed by atoms with Gasteiger partial charge in [-0.1, -0.05) is 20.8 Å². The Balaban J connectivity index is 2.12. The van der Waals surface area contributed by atoms with Gasteiger partial charge < -0.3 is 0 Å². The fourth-order valence-electron chi connectivity index (χ4n) is 4.79. The van der Waals surface area contributed by atoms with Gasteiger partial charge in [0.1, 0.15) is 0 Å². The molecular formula is C12H21NO2S. The van der Waals surface area contributed by atoms with E-state index in [9.17, 15) is 8.42 Å². The first kappa shape index (κ1) is 11.0. The van der Waals surface area contributed by atoms with Crippen molar-refractivity contribution in [1.29, 1.82) is 0 Å². The van der Waals surface area contributed by atoms with Crippen LogP contribution >= 0.6 is 0 Å². The van der Waals surface area contributed by atoms with Gasteiger partial charge in [0.15, 0.2) is 0 Å². The van der Waals surface area contributed by atoms with Crippen LogP contribution in [-0.4, -0.2) is 31.1 Å². The minimum absolute atomic E-state index is 0.0620. The molecule has 4 heteroatoms. The Kier molecular flexibility index (Phi) is 1.95. The fourth-order valence-corrected chi connectivity index (χ4v) is 7.39. The third kappa shape index (κ3) is 0.969. The van der Waals surface area contributed by atoms with Gasteiger partial charge in [-0.05, 0) is 30.6 Å². The first-order valence-electron chi connectivity index (χ1n) is 6.35. The minimum Gasteiger partial charge on any atom is -0.212 e. The number of hydrogen-bond acceptors (Lipinski definition) is 2. The Hall–Kier alpha value is -0.0900. The summed E-state index contributed by atoms with van der Waals surface area (Å²) in [7, 11) is -2.98.